The molecule has 10 heteroatoms. The zero-order valence-corrected chi connectivity index (χ0v) is 29.2. The van der Waals surface area contributed by atoms with Crippen molar-refractivity contribution >= 4 is 17.8 Å². The van der Waals surface area contributed by atoms with Crippen molar-refractivity contribution in [1.82, 2.24) is 14.7 Å². The molecule has 1 heterocycles. The van der Waals surface area contributed by atoms with Crippen LogP contribution in [0.2, 0.25) is 0 Å². The molecule has 4 rings (SSSR count). The highest BCUT2D eigenvalue weighted by Gasteiger charge is 2.27. The molecule has 0 aromatic heterocycles. The number of benzene rings is 3. The van der Waals surface area contributed by atoms with E-state index in [4.69, 9.17) is 18.9 Å². The van der Waals surface area contributed by atoms with E-state index in [0.29, 0.717) is 75.2 Å². The number of anilines is 1. The van der Waals surface area contributed by atoms with Gasteiger partial charge in [-0.3, -0.25) is 4.90 Å². The Balaban J connectivity index is 1.50. The lowest BCUT2D eigenvalue weighted by molar-refractivity contribution is 0.0151. The molecule has 0 saturated carbocycles. The number of carbonyl (C=O) groups excluding carboxylic acids is 2. The Hall–Kier alpha value is -4.70. The Kier molecular flexibility index (Phi) is 12.7. The van der Waals surface area contributed by atoms with Crippen LogP contribution in [-0.4, -0.2) is 99.6 Å². The molecular formula is C38H50N4O6. The van der Waals surface area contributed by atoms with E-state index in [1.807, 2.05) is 57.2 Å². The van der Waals surface area contributed by atoms with Crippen molar-refractivity contribution in [2.45, 2.75) is 38.7 Å². The highest BCUT2D eigenvalue weighted by atomic mass is 16.6. The van der Waals surface area contributed by atoms with Gasteiger partial charge in [-0.25, -0.2) is 9.59 Å². The number of carbonyl (C=O) groups is 2. The Morgan fingerprint density at radius 3 is 1.88 bits per heavy atom. The highest BCUT2D eigenvalue weighted by molar-refractivity contribution is 5.90. The van der Waals surface area contributed by atoms with Gasteiger partial charge < -0.3 is 34.1 Å². The lowest BCUT2D eigenvalue weighted by Gasteiger charge is -2.36. The summed E-state index contributed by atoms with van der Waals surface area (Å²) in [6, 6.07) is 23.9. The topological polar surface area (TPSA) is 92.8 Å². The SMILES string of the molecule is C=C(CN1CCN(C(=O)OC(C)(C)C)CC1)CN(CCC(c1ccccc1)c1ccccc1)C(=O)Nc1cc(OC)c(OC)c(OC)c1. The third-order valence-corrected chi connectivity index (χ3v) is 8.18. The van der Waals surface area contributed by atoms with E-state index < -0.39 is 5.60 Å². The fraction of sp³-hybridized carbons (Fsp3) is 0.421. The van der Waals surface area contributed by atoms with Gasteiger partial charge in [-0.1, -0.05) is 67.2 Å². The number of ether oxygens (including phenoxy) is 4. The maximum absolute atomic E-state index is 14.0. The van der Waals surface area contributed by atoms with E-state index in [2.05, 4.69) is 41.1 Å². The summed E-state index contributed by atoms with van der Waals surface area (Å²) in [5, 5.41) is 3.05. The van der Waals surface area contributed by atoms with Crippen LogP contribution in [0.5, 0.6) is 17.2 Å². The minimum absolute atomic E-state index is 0.0954. The summed E-state index contributed by atoms with van der Waals surface area (Å²) in [6.45, 7) is 14.0. The largest absolute Gasteiger partial charge is 0.493 e. The minimum Gasteiger partial charge on any atom is -0.493 e. The average Bonchev–Trinajstić information content (AvgIpc) is 3.07. The van der Waals surface area contributed by atoms with Gasteiger partial charge in [0.15, 0.2) is 11.5 Å². The van der Waals surface area contributed by atoms with E-state index in [9.17, 15) is 9.59 Å². The van der Waals surface area contributed by atoms with Gasteiger partial charge in [-0.15, -0.1) is 0 Å². The van der Waals surface area contributed by atoms with Gasteiger partial charge in [0.05, 0.1) is 27.0 Å². The summed E-state index contributed by atoms with van der Waals surface area (Å²) in [6.07, 6.45) is 0.417. The smallest absolute Gasteiger partial charge is 0.410 e. The lowest BCUT2D eigenvalue weighted by Crippen LogP contribution is -2.50. The number of methoxy groups -OCH3 is 3. The van der Waals surface area contributed by atoms with Gasteiger partial charge in [0.2, 0.25) is 5.75 Å². The van der Waals surface area contributed by atoms with E-state index in [-0.39, 0.29) is 18.0 Å². The highest BCUT2D eigenvalue weighted by Crippen LogP contribution is 2.40. The fourth-order valence-corrected chi connectivity index (χ4v) is 5.84. The molecule has 1 aliphatic heterocycles. The van der Waals surface area contributed by atoms with Gasteiger partial charge in [0, 0.05) is 63.9 Å². The molecule has 0 atom stereocenters. The summed E-state index contributed by atoms with van der Waals surface area (Å²) in [5.41, 5.74) is 3.27. The molecule has 1 fully saturated rings. The normalized spacial score (nSPS) is 13.5. The van der Waals surface area contributed by atoms with E-state index >= 15 is 0 Å². The Morgan fingerprint density at radius 1 is 0.854 bits per heavy atom. The Morgan fingerprint density at radius 2 is 1.40 bits per heavy atom. The predicted octanol–water partition coefficient (Wildman–Crippen LogP) is 6.88. The average molecular weight is 659 g/mol. The lowest BCUT2D eigenvalue weighted by atomic mass is 9.88. The number of rotatable bonds is 13. The third-order valence-electron chi connectivity index (χ3n) is 8.18. The molecule has 0 radical (unpaired) electrons. The summed E-state index contributed by atoms with van der Waals surface area (Å²) >= 11 is 0. The van der Waals surface area contributed by atoms with Crippen LogP contribution in [0.3, 0.4) is 0 Å². The number of nitrogens with zero attached hydrogens (tertiary/aromatic N) is 3. The summed E-state index contributed by atoms with van der Waals surface area (Å²) < 4.78 is 22.0. The molecule has 0 aliphatic carbocycles. The van der Waals surface area contributed by atoms with E-state index in [1.54, 1.807) is 43.3 Å². The summed E-state index contributed by atoms with van der Waals surface area (Å²) in [7, 11) is 4.62. The van der Waals surface area contributed by atoms with Crippen LogP contribution in [0, 0.1) is 0 Å². The number of amides is 3. The van der Waals surface area contributed by atoms with Crippen molar-refractivity contribution in [2.24, 2.45) is 0 Å². The van der Waals surface area contributed by atoms with Crippen molar-refractivity contribution in [1.29, 1.82) is 0 Å². The van der Waals surface area contributed by atoms with Gasteiger partial charge in [0.25, 0.3) is 0 Å². The molecule has 258 valence electrons. The van der Waals surface area contributed by atoms with Crippen LogP contribution in [0.25, 0.3) is 0 Å². The van der Waals surface area contributed by atoms with Crippen LogP contribution in [0.15, 0.2) is 84.9 Å². The first-order valence-electron chi connectivity index (χ1n) is 16.3. The zero-order valence-electron chi connectivity index (χ0n) is 29.2. The molecular weight excluding hydrogens is 608 g/mol. The number of nitrogens with one attached hydrogen (secondary N) is 1. The van der Waals surface area contributed by atoms with Crippen molar-refractivity contribution in [3.8, 4) is 17.2 Å². The third kappa shape index (κ3) is 10.1. The van der Waals surface area contributed by atoms with Crippen LogP contribution >= 0.6 is 0 Å². The van der Waals surface area contributed by atoms with Crippen molar-refractivity contribution < 1.29 is 28.5 Å². The van der Waals surface area contributed by atoms with E-state index in [0.717, 1.165) is 5.57 Å². The first-order chi connectivity index (χ1) is 23.0. The first kappa shape index (κ1) is 36.1. The number of urea groups is 1. The molecule has 3 amide bonds. The molecule has 10 nitrogen and oxygen atoms in total. The van der Waals surface area contributed by atoms with E-state index in [1.165, 1.54) is 11.1 Å². The quantitative estimate of drug-likeness (QED) is 0.200. The minimum atomic E-state index is -0.533. The monoisotopic (exact) mass is 658 g/mol. The fourth-order valence-electron chi connectivity index (χ4n) is 5.84. The summed E-state index contributed by atoms with van der Waals surface area (Å²) in [5.74, 6) is 1.44. The number of hydrogen-bond acceptors (Lipinski definition) is 7. The second kappa shape index (κ2) is 16.9. The van der Waals surface area contributed by atoms with Crippen molar-refractivity contribution in [3.63, 3.8) is 0 Å². The van der Waals surface area contributed by atoms with Crippen LogP contribution in [0.4, 0.5) is 15.3 Å². The summed E-state index contributed by atoms with van der Waals surface area (Å²) in [4.78, 5) is 32.4. The molecule has 0 unspecified atom stereocenters. The van der Waals surface area contributed by atoms with Gasteiger partial charge in [0.1, 0.15) is 5.60 Å². The maximum Gasteiger partial charge on any atom is 0.410 e. The second-order valence-corrected chi connectivity index (χ2v) is 12.9. The molecule has 1 saturated heterocycles. The standard InChI is InChI=1S/C38H50N4O6/c1-28(26-40-20-22-41(23-21-40)37(44)48-38(2,3)4)27-42(36(43)39-31-24-33(45-5)35(47-7)34(25-31)46-6)19-18-32(29-14-10-8-11-15-29)30-16-12-9-13-17-30/h8-17,24-25,32H,1,18-23,26-27H2,2-7H3,(H,39,43). The van der Waals surface area contributed by atoms with Crippen molar-refractivity contribution in [3.05, 3.63) is 96.1 Å². The van der Waals surface area contributed by atoms with Crippen LogP contribution < -0.4 is 19.5 Å². The number of hydrogen-bond donors (Lipinski definition) is 1. The molecule has 1 N–H and O–H groups in total. The van der Waals surface area contributed by atoms with Crippen molar-refractivity contribution in [2.75, 3.05) is 72.5 Å². The van der Waals surface area contributed by atoms with Gasteiger partial charge in [-0.05, 0) is 43.9 Å². The molecule has 0 bridgehead atoms. The molecule has 0 spiro atoms. The Labute approximate surface area is 285 Å². The second-order valence-electron chi connectivity index (χ2n) is 12.9. The Bertz CT molecular complexity index is 1440. The molecule has 3 aromatic carbocycles. The maximum atomic E-state index is 14.0. The van der Waals surface area contributed by atoms with Crippen LogP contribution in [-0.2, 0) is 4.74 Å². The molecule has 48 heavy (non-hydrogen) atoms. The van der Waals surface area contributed by atoms with Gasteiger partial charge in [-0.2, -0.15) is 0 Å². The first-order valence-corrected chi connectivity index (χ1v) is 16.3. The number of piperazine rings is 1. The predicted molar refractivity (Wildman–Crippen MR) is 189 cm³/mol. The van der Waals surface area contributed by atoms with Gasteiger partial charge >= 0.3 is 12.1 Å². The molecule has 1 aliphatic rings. The molecule has 3 aromatic rings. The zero-order chi connectivity index (χ0) is 34.7. The van der Waals surface area contributed by atoms with Crippen LogP contribution in [0.1, 0.15) is 44.2 Å².